The quantitative estimate of drug-likeness (QED) is 0.320. The summed E-state index contributed by atoms with van der Waals surface area (Å²) in [7, 11) is 1.31. The summed E-state index contributed by atoms with van der Waals surface area (Å²) in [6.45, 7) is 9.59. The summed E-state index contributed by atoms with van der Waals surface area (Å²) >= 11 is 0. The van der Waals surface area contributed by atoms with Gasteiger partial charge in [-0.2, -0.15) is 0 Å². The van der Waals surface area contributed by atoms with Gasteiger partial charge in [-0.25, -0.2) is 14.4 Å². The van der Waals surface area contributed by atoms with E-state index in [-0.39, 0.29) is 24.5 Å². The molecule has 3 rings (SSSR count). The van der Waals surface area contributed by atoms with Crippen molar-refractivity contribution in [2.75, 3.05) is 20.3 Å². The number of esters is 1. The Hall–Kier alpha value is -3.30. The van der Waals surface area contributed by atoms with Crippen LogP contribution in [0.1, 0.15) is 59.3 Å². The molecule has 2 fully saturated rings. The lowest BCUT2D eigenvalue weighted by Crippen LogP contribution is -2.57. The maximum absolute atomic E-state index is 13.8. The van der Waals surface area contributed by atoms with Crippen LogP contribution < -0.4 is 16.0 Å². The Morgan fingerprint density at radius 1 is 1.08 bits per heavy atom. The van der Waals surface area contributed by atoms with Crippen molar-refractivity contribution in [3.05, 3.63) is 35.5 Å². The standard InChI is InChI=1S/C27H40N4O6/c1-16(2)21(15-37-27(35)28-17(3)4)29-26(34)30-23(20-13-18-9-6-7-10-19(18)14-20)24(32)31-12-8-11-22(31)25(33)36-5/h9-10,17,20-23H,1,6-8,11-15H2,2-5H3,(H,28,35)(H2,29,30,34)/t21-,22+,23+/m1/s1. The molecule has 1 aliphatic heterocycles. The van der Waals surface area contributed by atoms with Gasteiger partial charge in [0.1, 0.15) is 18.7 Å². The smallest absolute Gasteiger partial charge is 0.407 e. The number of ether oxygens (including phenoxy) is 2. The van der Waals surface area contributed by atoms with E-state index in [1.165, 1.54) is 23.2 Å². The summed E-state index contributed by atoms with van der Waals surface area (Å²) in [5.41, 5.74) is 3.06. The molecule has 3 aliphatic rings. The van der Waals surface area contributed by atoms with Crippen LogP contribution in [0.3, 0.4) is 0 Å². The van der Waals surface area contributed by atoms with E-state index in [4.69, 9.17) is 9.47 Å². The maximum Gasteiger partial charge on any atom is 0.407 e. The number of methoxy groups -OCH3 is 1. The topological polar surface area (TPSA) is 126 Å². The van der Waals surface area contributed by atoms with E-state index < -0.39 is 36.2 Å². The molecule has 0 aromatic heterocycles. The number of alkyl carbamates (subject to hydrolysis) is 1. The Morgan fingerprint density at radius 2 is 1.73 bits per heavy atom. The van der Waals surface area contributed by atoms with Gasteiger partial charge in [0.05, 0.1) is 13.2 Å². The third-order valence-corrected chi connectivity index (χ3v) is 7.05. The maximum atomic E-state index is 13.8. The Morgan fingerprint density at radius 3 is 2.30 bits per heavy atom. The zero-order valence-corrected chi connectivity index (χ0v) is 22.3. The van der Waals surface area contributed by atoms with E-state index in [0.29, 0.717) is 37.8 Å². The van der Waals surface area contributed by atoms with Gasteiger partial charge in [-0.3, -0.25) is 4.79 Å². The molecule has 3 atom stereocenters. The van der Waals surface area contributed by atoms with E-state index in [0.717, 1.165) is 12.8 Å². The SMILES string of the molecule is C=C(C)[C@@H](COC(=O)NC(C)C)NC(=O)N[C@H](C(=O)N1CCC[C@H]1C(=O)OC)C1CC2=CCCC=C2C1. The molecule has 0 unspecified atom stereocenters. The van der Waals surface area contributed by atoms with Crippen LogP contribution >= 0.6 is 0 Å². The zero-order chi connectivity index (χ0) is 27.1. The second kappa shape index (κ2) is 12.8. The highest BCUT2D eigenvalue weighted by Gasteiger charge is 2.43. The number of nitrogens with zero attached hydrogens (tertiary/aromatic N) is 1. The van der Waals surface area contributed by atoms with Gasteiger partial charge in [0.25, 0.3) is 0 Å². The molecule has 1 heterocycles. The lowest BCUT2D eigenvalue weighted by molar-refractivity contribution is -0.152. The highest BCUT2D eigenvalue weighted by molar-refractivity contribution is 5.91. The Labute approximate surface area is 218 Å². The first-order valence-electron chi connectivity index (χ1n) is 13.0. The fraction of sp³-hybridized carbons (Fsp3) is 0.630. The van der Waals surface area contributed by atoms with E-state index in [9.17, 15) is 19.2 Å². The van der Waals surface area contributed by atoms with Gasteiger partial charge in [-0.05, 0) is 76.4 Å². The van der Waals surface area contributed by atoms with Crippen molar-refractivity contribution in [2.24, 2.45) is 5.92 Å². The van der Waals surface area contributed by atoms with Crippen LogP contribution in [-0.4, -0.2) is 73.3 Å². The van der Waals surface area contributed by atoms with Crippen LogP contribution in [0.15, 0.2) is 35.5 Å². The third-order valence-electron chi connectivity index (χ3n) is 7.05. The minimum Gasteiger partial charge on any atom is -0.467 e. The predicted octanol–water partition coefficient (Wildman–Crippen LogP) is 2.95. The van der Waals surface area contributed by atoms with Crippen molar-refractivity contribution in [1.82, 2.24) is 20.9 Å². The van der Waals surface area contributed by atoms with Gasteiger partial charge in [0, 0.05) is 12.6 Å². The summed E-state index contributed by atoms with van der Waals surface area (Å²) < 4.78 is 10.2. The van der Waals surface area contributed by atoms with Gasteiger partial charge in [-0.15, -0.1) is 0 Å². The van der Waals surface area contributed by atoms with Gasteiger partial charge < -0.3 is 30.3 Å². The average molecular weight is 517 g/mol. The molecule has 10 nitrogen and oxygen atoms in total. The molecule has 0 aromatic carbocycles. The first-order valence-corrected chi connectivity index (χ1v) is 13.0. The number of hydrogen-bond donors (Lipinski definition) is 3. The predicted molar refractivity (Wildman–Crippen MR) is 139 cm³/mol. The van der Waals surface area contributed by atoms with E-state index >= 15 is 0 Å². The summed E-state index contributed by atoms with van der Waals surface area (Å²) in [4.78, 5) is 52.7. The number of nitrogens with one attached hydrogen (secondary N) is 3. The minimum atomic E-state index is -0.825. The normalized spacial score (nSPS) is 20.8. The van der Waals surface area contributed by atoms with Crippen LogP contribution in [-0.2, 0) is 19.1 Å². The monoisotopic (exact) mass is 516 g/mol. The van der Waals surface area contributed by atoms with Crippen LogP contribution in [0.25, 0.3) is 0 Å². The lowest BCUT2D eigenvalue weighted by Gasteiger charge is -2.31. The van der Waals surface area contributed by atoms with E-state index in [1.54, 1.807) is 6.92 Å². The number of likely N-dealkylation sites (tertiary alicyclic amines) is 1. The summed E-state index contributed by atoms with van der Waals surface area (Å²) in [5, 5.41) is 8.30. The lowest BCUT2D eigenvalue weighted by atomic mass is 9.95. The number of carbonyl (C=O) groups is 4. The first kappa shape index (κ1) is 28.3. The molecular formula is C27H40N4O6. The number of amides is 4. The molecule has 1 saturated heterocycles. The molecule has 0 radical (unpaired) electrons. The van der Waals surface area contributed by atoms with Crippen molar-refractivity contribution < 1.29 is 28.7 Å². The summed E-state index contributed by atoms with van der Waals surface area (Å²) in [6.07, 6.45) is 8.36. The number of allylic oxidation sites excluding steroid dienone is 4. The zero-order valence-electron chi connectivity index (χ0n) is 22.3. The van der Waals surface area contributed by atoms with Crippen molar-refractivity contribution in [1.29, 1.82) is 0 Å². The fourth-order valence-electron chi connectivity index (χ4n) is 5.14. The molecule has 0 aromatic rings. The number of fused-ring (bicyclic) bond motifs is 1. The number of hydrogen-bond acceptors (Lipinski definition) is 6. The van der Waals surface area contributed by atoms with Gasteiger partial charge >= 0.3 is 18.1 Å². The van der Waals surface area contributed by atoms with Crippen molar-refractivity contribution in [3.63, 3.8) is 0 Å². The summed E-state index contributed by atoms with van der Waals surface area (Å²) in [6, 6.07) is -2.76. The van der Waals surface area contributed by atoms with Crippen LogP contribution in [0.2, 0.25) is 0 Å². The highest BCUT2D eigenvalue weighted by atomic mass is 16.5. The highest BCUT2D eigenvalue weighted by Crippen LogP contribution is 2.40. The summed E-state index contributed by atoms with van der Waals surface area (Å²) in [5.74, 6) is -0.866. The molecule has 4 amide bonds. The molecule has 0 spiro atoms. The van der Waals surface area contributed by atoms with Crippen molar-refractivity contribution in [3.8, 4) is 0 Å². The third kappa shape index (κ3) is 7.36. The number of rotatable bonds is 9. The van der Waals surface area contributed by atoms with Gasteiger partial charge in [0.15, 0.2) is 0 Å². The van der Waals surface area contributed by atoms with E-state index in [2.05, 4.69) is 34.7 Å². The average Bonchev–Trinajstić information content (AvgIpc) is 3.51. The van der Waals surface area contributed by atoms with Crippen LogP contribution in [0, 0.1) is 5.92 Å². The molecule has 37 heavy (non-hydrogen) atoms. The Kier molecular flexibility index (Phi) is 9.77. The Bertz CT molecular complexity index is 950. The first-order chi connectivity index (χ1) is 17.6. The van der Waals surface area contributed by atoms with Crippen molar-refractivity contribution in [2.45, 2.75) is 83.5 Å². The Balaban J connectivity index is 1.74. The molecular weight excluding hydrogens is 476 g/mol. The van der Waals surface area contributed by atoms with Crippen LogP contribution in [0.5, 0.6) is 0 Å². The molecule has 1 saturated carbocycles. The molecule has 204 valence electrons. The van der Waals surface area contributed by atoms with E-state index in [1.807, 2.05) is 13.8 Å². The molecule has 3 N–H and O–H groups in total. The molecule has 10 heteroatoms. The molecule has 2 aliphatic carbocycles. The van der Waals surface area contributed by atoms with Crippen molar-refractivity contribution >= 4 is 24.0 Å². The van der Waals surface area contributed by atoms with Gasteiger partial charge in [0.2, 0.25) is 5.91 Å². The van der Waals surface area contributed by atoms with Gasteiger partial charge in [-0.1, -0.05) is 24.3 Å². The largest absolute Gasteiger partial charge is 0.467 e. The number of urea groups is 1. The second-order valence-corrected chi connectivity index (χ2v) is 10.3. The fourth-order valence-corrected chi connectivity index (χ4v) is 5.14. The van der Waals surface area contributed by atoms with Crippen LogP contribution in [0.4, 0.5) is 9.59 Å². The molecule has 0 bridgehead atoms. The minimum absolute atomic E-state index is 0.0847. The second-order valence-electron chi connectivity index (χ2n) is 10.3. The number of carbonyl (C=O) groups excluding carboxylic acids is 4.